The molecular weight excluding hydrogens is 622 g/mol. The fourth-order valence-corrected chi connectivity index (χ4v) is 6.55. The molecule has 1 saturated heterocycles. The summed E-state index contributed by atoms with van der Waals surface area (Å²) in [6.45, 7) is 2.39. The van der Waals surface area contributed by atoms with Gasteiger partial charge in [0.1, 0.15) is 11.5 Å². The molecule has 0 spiro atoms. The van der Waals surface area contributed by atoms with Crippen LogP contribution in [0.4, 0.5) is 5.13 Å². The minimum Gasteiger partial charge on any atom is -0.507 e. The number of rotatable bonds is 8. The molecular formula is C28H21BrClN3O4S2. The average Bonchev–Trinajstić information content (AvgIpc) is 3.51. The van der Waals surface area contributed by atoms with Gasteiger partial charge >= 0.3 is 5.91 Å². The number of thioether (sulfide) groups is 1. The third-order valence-corrected chi connectivity index (χ3v) is 8.98. The number of aliphatic hydroxyl groups is 1. The minimum atomic E-state index is -0.904. The van der Waals surface area contributed by atoms with E-state index in [0.29, 0.717) is 38.6 Å². The van der Waals surface area contributed by atoms with Crippen LogP contribution in [-0.4, -0.2) is 33.6 Å². The number of nitrogens with zero attached hydrogens (tertiary/aromatic N) is 3. The molecule has 1 aliphatic rings. The molecule has 1 fully saturated rings. The molecule has 1 N–H and O–H groups in total. The van der Waals surface area contributed by atoms with Crippen molar-refractivity contribution in [1.82, 2.24) is 10.2 Å². The number of benzene rings is 3. The Morgan fingerprint density at radius 1 is 1.08 bits per heavy atom. The topological polar surface area (TPSA) is 92.6 Å². The second-order valence-electron chi connectivity index (χ2n) is 8.41. The highest BCUT2D eigenvalue weighted by Crippen LogP contribution is 2.44. The van der Waals surface area contributed by atoms with Gasteiger partial charge in [-0.05, 0) is 48.4 Å². The van der Waals surface area contributed by atoms with Crippen molar-refractivity contribution in [3.63, 3.8) is 0 Å². The lowest BCUT2D eigenvalue weighted by atomic mass is 9.95. The van der Waals surface area contributed by atoms with Crippen LogP contribution in [-0.2, 0) is 15.3 Å². The van der Waals surface area contributed by atoms with Crippen molar-refractivity contribution in [2.75, 3.05) is 11.5 Å². The van der Waals surface area contributed by atoms with Crippen molar-refractivity contribution in [2.24, 2.45) is 0 Å². The summed E-state index contributed by atoms with van der Waals surface area (Å²) in [6.07, 6.45) is 0. The van der Waals surface area contributed by atoms with Gasteiger partial charge in [-0.2, -0.15) is 0 Å². The lowest BCUT2D eigenvalue weighted by molar-refractivity contribution is -0.132. The SMILES string of the molecule is CCOc1ccc(C2/C(=C(/O)c3ccc(Br)cc3)C(=O)C(=O)N2c2nnc(SCc3ccccc3Cl)s2)cc1. The van der Waals surface area contributed by atoms with Gasteiger partial charge < -0.3 is 9.84 Å². The second-order valence-corrected chi connectivity index (χ2v) is 11.9. The summed E-state index contributed by atoms with van der Waals surface area (Å²) in [5, 5.41) is 20.7. The van der Waals surface area contributed by atoms with E-state index in [-0.39, 0.29) is 16.5 Å². The molecule has 0 radical (unpaired) electrons. The number of aromatic nitrogens is 2. The number of amides is 1. The Balaban J connectivity index is 1.54. The number of ether oxygens (including phenoxy) is 1. The van der Waals surface area contributed by atoms with Crippen molar-refractivity contribution in [3.05, 3.63) is 105 Å². The quantitative estimate of drug-likeness (QED) is 0.0710. The van der Waals surface area contributed by atoms with E-state index >= 15 is 0 Å². The molecule has 1 aromatic heterocycles. The largest absolute Gasteiger partial charge is 0.507 e. The predicted molar refractivity (Wildman–Crippen MR) is 157 cm³/mol. The summed E-state index contributed by atoms with van der Waals surface area (Å²) in [5.41, 5.74) is 1.97. The van der Waals surface area contributed by atoms with E-state index in [1.54, 1.807) is 48.5 Å². The summed E-state index contributed by atoms with van der Waals surface area (Å²) < 4.78 is 7.00. The molecule has 0 saturated carbocycles. The first kappa shape index (κ1) is 27.4. The summed E-state index contributed by atoms with van der Waals surface area (Å²) in [5.74, 6) is -0.625. The molecule has 0 aliphatic carbocycles. The Labute approximate surface area is 246 Å². The van der Waals surface area contributed by atoms with Crippen molar-refractivity contribution in [2.45, 2.75) is 23.1 Å². The molecule has 2 heterocycles. The van der Waals surface area contributed by atoms with Crippen LogP contribution in [0.2, 0.25) is 5.02 Å². The predicted octanol–water partition coefficient (Wildman–Crippen LogP) is 7.27. The Morgan fingerprint density at radius 2 is 1.79 bits per heavy atom. The van der Waals surface area contributed by atoms with E-state index in [1.807, 2.05) is 31.2 Å². The van der Waals surface area contributed by atoms with E-state index < -0.39 is 17.7 Å². The van der Waals surface area contributed by atoms with Gasteiger partial charge in [-0.3, -0.25) is 14.5 Å². The van der Waals surface area contributed by atoms with Crippen LogP contribution in [0, 0.1) is 0 Å². The lowest BCUT2D eigenvalue weighted by Gasteiger charge is -2.22. The van der Waals surface area contributed by atoms with Crippen LogP contribution in [0.25, 0.3) is 5.76 Å². The normalized spacial score (nSPS) is 16.6. The first-order valence-electron chi connectivity index (χ1n) is 11.9. The molecule has 1 atom stereocenters. The number of carbonyl (C=O) groups excluding carboxylic acids is 2. The summed E-state index contributed by atoms with van der Waals surface area (Å²) in [7, 11) is 0. The number of halogens is 2. The second kappa shape index (κ2) is 11.9. The molecule has 3 aromatic carbocycles. The fourth-order valence-electron chi connectivity index (χ4n) is 4.13. The van der Waals surface area contributed by atoms with Gasteiger partial charge in [-0.25, -0.2) is 0 Å². The van der Waals surface area contributed by atoms with Crippen LogP contribution in [0.15, 0.2) is 87.2 Å². The minimum absolute atomic E-state index is 0.0213. The van der Waals surface area contributed by atoms with Crippen LogP contribution >= 0.6 is 50.6 Å². The Kier molecular flexibility index (Phi) is 8.37. The van der Waals surface area contributed by atoms with Gasteiger partial charge in [-0.1, -0.05) is 93.1 Å². The molecule has 5 rings (SSSR count). The summed E-state index contributed by atoms with van der Waals surface area (Å²) >= 11 is 12.3. The summed E-state index contributed by atoms with van der Waals surface area (Å²) in [6, 6.07) is 20.6. The highest BCUT2D eigenvalue weighted by atomic mass is 79.9. The van der Waals surface area contributed by atoms with E-state index in [9.17, 15) is 14.7 Å². The van der Waals surface area contributed by atoms with Crippen LogP contribution < -0.4 is 9.64 Å². The first-order valence-corrected chi connectivity index (χ1v) is 14.8. The molecule has 0 bridgehead atoms. The van der Waals surface area contributed by atoms with Gasteiger partial charge in [0.05, 0.1) is 18.2 Å². The maximum atomic E-state index is 13.4. The number of Topliss-reactive ketones (excluding diaryl/α,β-unsaturated/α-hetero) is 1. The third kappa shape index (κ3) is 5.74. The molecule has 11 heteroatoms. The number of hydrogen-bond donors (Lipinski definition) is 1. The maximum absolute atomic E-state index is 13.4. The Hall–Kier alpha value is -3.18. The van der Waals surface area contributed by atoms with Gasteiger partial charge in [0, 0.05) is 20.8 Å². The average molecular weight is 643 g/mol. The highest BCUT2D eigenvalue weighted by molar-refractivity contribution is 9.10. The highest BCUT2D eigenvalue weighted by Gasteiger charge is 2.48. The zero-order valence-electron chi connectivity index (χ0n) is 20.5. The van der Waals surface area contributed by atoms with Gasteiger partial charge in [0.25, 0.3) is 5.78 Å². The Bertz CT molecular complexity index is 1560. The lowest BCUT2D eigenvalue weighted by Crippen LogP contribution is -2.29. The van der Waals surface area contributed by atoms with E-state index in [4.69, 9.17) is 16.3 Å². The zero-order valence-corrected chi connectivity index (χ0v) is 24.5. The van der Waals surface area contributed by atoms with Crippen LogP contribution in [0.1, 0.15) is 29.7 Å². The van der Waals surface area contributed by atoms with Crippen LogP contribution in [0.5, 0.6) is 5.75 Å². The van der Waals surface area contributed by atoms with Crippen molar-refractivity contribution in [1.29, 1.82) is 0 Å². The molecule has 1 amide bonds. The number of carbonyl (C=O) groups is 2. The molecule has 198 valence electrons. The Morgan fingerprint density at radius 3 is 2.49 bits per heavy atom. The molecule has 1 aliphatic heterocycles. The van der Waals surface area contributed by atoms with Gasteiger partial charge in [0.15, 0.2) is 4.34 Å². The van der Waals surface area contributed by atoms with Crippen LogP contribution in [0.3, 0.4) is 0 Å². The van der Waals surface area contributed by atoms with Crippen molar-refractivity contribution >= 4 is 73.2 Å². The van der Waals surface area contributed by atoms with E-state index in [1.165, 1.54) is 28.0 Å². The number of hydrogen-bond acceptors (Lipinski definition) is 8. The van der Waals surface area contributed by atoms with E-state index in [2.05, 4.69) is 26.1 Å². The number of ketones is 1. The molecule has 7 nitrogen and oxygen atoms in total. The fraction of sp³-hybridized carbons (Fsp3) is 0.143. The first-order chi connectivity index (χ1) is 18.9. The zero-order chi connectivity index (χ0) is 27.5. The van der Waals surface area contributed by atoms with Crippen molar-refractivity contribution in [3.8, 4) is 5.75 Å². The monoisotopic (exact) mass is 641 g/mol. The molecule has 4 aromatic rings. The van der Waals surface area contributed by atoms with Gasteiger partial charge in [-0.15, -0.1) is 10.2 Å². The van der Waals surface area contributed by atoms with Crippen molar-refractivity contribution < 1.29 is 19.4 Å². The number of anilines is 1. The number of aliphatic hydroxyl groups excluding tert-OH is 1. The molecule has 1 unspecified atom stereocenters. The maximum Gasteiger partial charge on any atom is 0.301 e. The molecule has 39 heavy (non-hydrogen) atoms. The summed E-state index contributed by atoms with van der Waals surface area (Å²) in [4.78, 5) is 28.1. The standard InChI is InChI=1S/C28H21BrClN3O4S2/c1-2-37-20-13-9-16(10-14-20)23-22(24(34)17-7-11-19(29)12-8-17)25(35)26(36)33(23)27-31-32-28(39-27)38-15-18-5-3-4-6-21(18)30/h3-14,23,34H,2,15H2,1H3/b24-22-. The third-order valence-electron chi connectivity index (χ3n) is 5.98. The smallest absolute Gasteiger partial charge is 0.301 e. The van der Waals surface area contributed by atoms with Gasteiger partial charge in [0.2, 0.25) is 5.13 Å². The van der Waals surface area contributed by atoms with E-state index in [0.717, 1.165) is 10.0 Å².